The average Bonchev–Trinajstić information content (AvgIpc) is 2.38. The van der Waals surface area contributed by atoms with Crippen molar-refractivity contribution in [2.45, 2.75) is 6.92 Å². The number of benzene rings is 2. The van der Waals surface area contributed by atoms with Gasteiger partial charge in [0.15, 0.2) is 0 Å². The van der Waals surface area contributed by atoms with Gasteiger partial charge in [0, 0.05) is 0 Å². The van der Waals surface area contributed by atoms with Crippen LogP contribution in [0.3, 0.4) is 0 Å². The van der Waals surface area contributed by atoms with Gasteiger partial charge in [0.25, 0.3) is 0 Å². The van der Waals surface area contributed by atoms with E-state index in [0.717, 1.165) is 11.3 Å². The lowest BCUT2D eigenvalue weighted by molar-refractivity contribution is 0.411. The summed E-state index contributed by atoms with van der Waals surface area (Å²) in [6.45, 7) is 2.05. The molecule has 0 aromatic heterocycles. The molecule has 0 saturated carbocycles. The van der Waals surface area contributed by atoms with Crippen LogP contribution in [0.25, 0.3) is 12.2 Å². The molecule has 0 spiro atoms. The molecule has 0 fully saturated rings. The van der Waals surface area contributed by atoms with Crippen molar-refractivity contribution in [1.29, 1.82) is 0 Å². The van der Waals surface area contributed by atoms with Gasteiger partial charge in [-0.3, -0.25) is 0 Å². The van der Waals surface area contributed by atoms with Crippen LogP contribution in [0.5, 0.6) is 5.75 Å². The van der Waals surface area contributed by atoms with Gasteiger partial charge >= 0.3 is 0 Å². The molecule has 0 aliphatic rings. The van der Waals surface area contributed by atoms with Crippen molar-refractivity contribution >= 4 is 12.2 Å². The molecule has 0 unspecified atom stereocenters. The van der Waals surface area contributed by atoms with Crippen LogP contribution in [-0.4, -0.2) is 7.11 Å². The maximum atomic E-state index is 5.24. The molecule has 1 nitrogen and oxygen atoms in total. The van der Waals surface area contributed by atoms with E-state index >= 15 is 0 Å². The second kappa shape index (κ2) is 5.35. The molecule has 0 heterocycles. The molecule has 0 aliphatic carbocycles. The van der Waals surface area contributed by atoms with E-state index in [1.54, 1.807) is 7.11 Å². The fourth-order valence-corrected chi connectivity index (χ4v) is 1.76. The second-order valence-corrected chi connectivity index (χ2v) is 3.97. The molecule has 0 bridgehead atoms. The molecular weight excluding hydrogens is 208 g/mol. The summed E-state index contributed by atoms with van der Waals surface area (Å²) in [6, 6.07) is 16.5. The first-order valence-corrected chi connectivity index (χ1v) is 5.67. The normalized spacial score (nSPS) is 10.7. The van der Waals surface area contributed by atoms with Gasteiger partial charge in [-0.2, -0.15) is 0 Å². The third-order valence-electron chi connectivity index (χ3n) is 2.69. The fourth-order valence-electron chi connectivity index (χ4n) is 1.76. The number of hydrogen-bond donors (Lipinski definition) is 0. The summed E-state index contributed by atoms with van der Waals surface area (Å²) in [5.74, 6) is 0.932. The first-order chi connectivity index (χ1) is 8.29. The molecule has 2 aromatic rings. The Balaban J connectivity index is 2.19. The van der Waals surface area contributed by atoms with Crippen molar-refractivity contribution in [3.05, 3.63) is 65.2 Å². The van der Waals surface area contributed by atoms with Crippen LogP contribution in [0.1, 0.15) is 16.7 Å². The first-order valence-electron chi connectivity index (χ1n) is 5.67. The van der Waals surface area contributed by atoms with E-state index in [4.69, 9.17) is 4.74 Å². The molecule has 0 saturated heterocycles. The molecule has 0 aliphatic heterocycles. The maximum Gasteiger partial charge on any atom is 0.121 e. The van der Waals surface area contributed by atoms with E-state index < -0.39 is 0 Å². The Morgan fingerprint density at radius 1 is 0.882 bits per heavy atom. The highest BCUT2D eigenvalue weighted by atomic mass is 16.5. The van der Waals surface area contributed by atoms with E-state index in [1.807, 2.05) is 24.3 Å². The molecule has 1 heteroatoms. The summed E-state index contributed by atoms with van der Waals surface area (Å²) in [5, 5.41) is 0. The summed E-state index contributed by atoms with van der Waals surface area (Å²) < 4.78 is 5.24. The van der Waals surface area contributed by atoms with E-state index in [9.17, 15) is 0 Å². The highest BCUT2D eigenvalue weighted by Crippen LogP contribution is 2.19. The van der Waals surface area contributed by atoms with E-state index in [-0.39, 0.29) is 0 Å². The quantitative estimate of drug-likeness (QED) is 0.711. The van der Waals surface area contributed by atoms with Gasteiger partial charge < -0.3 is 4.74 Å². The zero-order valence-corrected chi connectivity index (χ0v) is 10.2. The first kappa shape index (κ1) is 11.5. The van der Waals surface area contributed by atoms with Crippen molar-refractivity contribution in [2.24, 2.45) is 0 Å². The summed E-state index contributed by atoms with van der Waals surface area (Å²) in [7, 11) is 1.70. The third kappa shape index (κ3) is 2.97. The monoisotopic (exact) mass is 224 g/mol. The maximum absolute atomic E-state index is 5.24. The molecule has 86 valence electrons. The van der Waals surface area contributed by atoms with Gasteiger partial charge in [-0.05, 0) is 35.7 Å². The standard InChI is InChI=1S/C16H16O/c1-13-12-15(10-11-16(13)17-2)9-8-14-6-4-3-5-7-14/h3-12H,1-2H3/b9-8+. The van der Waals surface area contributed by atoms with Gasteiger partial charge in [-0.25, -0.2) is 0 Å². The van der Waals surface area contributed by atoms with Gasteiger partial charge in [-0.15, -0.1) is 0 Å². The molecule has 2 aromatic carbocycles. The van der Waals surface area contributed by atoms with Crippen LogP contribution in [-0.2, 0) is 0 Å². The Morgan fingerprint density at radius 3 is 2.24 bits per heavy atom. The molecule has 0 amide bonds. The summed E-state index contributed by atoms with van der Waals surface area (Å²) >= 11 is 0. The van der Waals surface area contributed by atoms with Crippen LogP contribution in [0.4, 0.5) is 0 Å². The number of aryl methyl sites for hydroxylation is 1. The average molecular weight is 224 g/mol. The van der Waals surface area contributed by atoms with Crippen LogP contribution >= 0.6 is 0 Å². The lowest BCUT2D eigenvalue weighted by atomic mass is 10.1. The minimum absolute atomic E-state index is 0.932. The van der Waals surface area contributed by atoms with Crippen molar-refractivity contribution in [2.75, 3.05) is 7.11 Å². The third-order valence-corrected chi connectivity index (χ3v) is 2.69. The highest BCUT2D eigenvalue weighted by molar-refractivity contribution is 5.70. The Labute approximate surface area is 102 Å². The minimum Gasteiger partial charge on any atom is -0.496 e. The van der Waals surface area contributed by atoms with Crippen LogP contribution < -0.4 is 4.74 Å². The number of hydrogen-bond acceptors (Lipinski definition) is 1. The minimum atomic E-state index is 0.932. The molecule has 17 heavy (non-hydrogen) atoms. The predicted octanol–water partition coefficient (Wildman–Crippen LogP) is 4.17. The van der Waals surface area contributed by atoms with Crippen molar-refractivity contribution < 1.29 is 4.74 Å². The number of methoxy groups -OCH3 is 1. The zero-order chi connectivity index (χ0) is 12.1. The van der Waals surface area contributed by atoms with E-state index in [0.29, 0.717) is 0 Å². The van der Waals surface area contributed by atoms with E-state index in [2.05, 4.69) is 43.3 Å². The highest BCUT2D eigenvalue weighted by Gasteiger charge is 1.97. The molecular formula is C16H16O. The Hall–Kier alpha value is -2.02. The Kier molecular flexibility index (Phi) is 3.61. The SMILES string of the molecule is COc1ccc(/C=C/c2ccccc2)cc1C. The summed E-state index contributed by atoms with van der Waals surface area (Å²) in [6.07, 6.45) is 4.23. The van der Waals surface area contributed by atoms with Crippen LogP contribution in [0.15, 0.2) is 48.5 Å². The molecule has 0 radical (unpaired) electrons. The summed E-state index contributed by atoms with van der Waals surface area (Å²) in [5.41, 5.74) is 3.55. The molecule has 0 atom stereocenters. The van der Waals surface area contributed by atoms with Gasteiger partial charge in [0.2, 0.25) is 0 Å². The largest absolute Gasteiger partial charge is 0.496 e. The molecule has 2 rings (SSSR count). The van der Waals surface area contributed by atoms with Gasteiger partial charge in [-0.1, -0.05) is 48.6 Å². The smallest absolute Gasteiger partial charge is 0.121 e. The topological polar surface area (TPSA) is 9.23 Å². The predicted molar refractivity (Wildman–Crippen MR) is 73.1 cm³/mol. The van der Waals surface area contributed by atoms with Crippen LogP contribution in [0, 0.1) is 6.92 Å². The second-order valence-electron chi connectivity index (χ2n) is 3.97. The Bertz CT molecular complexity index is 512. The van der Waals surface area contributed by atoms with Crippen molar-refractivity contribution in [3.8, 4) is 5.75 Å². The number of rotatable bonds is 3. The lowest BCUT2D eigenvalue weighted by Gasteiger charge is -2.04. The van der Waals surface area contributed by atoms with Crippen molar-refractivity contribution in [3.63, 3.8) is 0 Å². The Morgan fingerprint density at radius 2 is 1.59 bits per heavy atom. The fraction of sp³-hybridized carbons (Fsp3) is 0.125. The lowest BCUT2D eigenvalue weighted by Crippen LogP contribution is -1.86. The number of ether oxygens (including phenoxy) is 1. The zero-order valence-electron chi connectivity index (χ0n) is 10.2. The summed E-state index contributed by atoms with van der Waals surface area (Å²) in [4.78, 5) is 0. The van der Waals surface area contributed by atoms with Crippen molar-refractivity contribution in [1.82, 2.24) is 0 Å². The van der Waals surface area contributed by atoms with E-state index in [1.165, 1.54) is 11.1 Å². The van der Waals surface area contributed by atoms with Crippen LogP contribution in [0.2, 0.25) is 0 Å². The van der Waals surface area contributed by atoms with Gasteiger partial charge in [0.1, 0.15) is 5.75 Å². The van der Waals surface area contributed by atoms with Gasteiger partial charge in [0.05, 0.1) is 7.11 Å². The molecule has 0 N–H and O–H groups in total.